The average Bonchev–Trinajstić information content (AvgIpc) is 2.45. The summed E-state index contributed by atoms with van der Waals surface area (Å²) in [6, 6.07) is 0. The summed E-state index contributed by atoms with van der Waals surface area (Å²) in [5.74, 6) is 1.06. The van der Waals surface area contributed by atoms with E-state index in [0.29, 0.717) is 11.6 Å². The molecule has 0 radical (unpaired) electrons. The van der Waals surface area contributed by atoms with Crippen molar-refractivity contribution in [1.82, 2.24) is 9.97 Å². The smallest absolute Gasteiger partial charge is 0.161 e. The van der Waals surface area contributed by atoms with Crippen LogP contribution in [0.25, 0.3) is 11.6 Å². The Morgan fingerprint density at radius 1 is 1.26 bits per heavy atom. The van der Waals surface area contributed by atoms with E-state index in [0.717, 1.165) is 11.1 Å². The number of allylic oxidation sites excluding steroid dienone is 6. The highest BCUT2D eigenvalue weighted by Crippen LogP contribution is 2.15. The maximum absolute atomic E-state index is 5.85. The first kappa shape index (κ1) is 16.8. The van der Waals surface area contributed by atoms with Gasteiger partial charge in [0, 0.05) is 17.3 Å². The van der Waals surface area contributed by atoms with Gasteiger partial charge in [-0.05, 0) is 13.8 Å². The monoisotopic (exact) mass is 257 g/mol. The first-order chi connectivity index (χ1) is 9.22. The Morgan fingerprint density at radius 2 is 1.95 bits per heavy atom. The summed E-state index contributed by atoms with van der Waals surface area (Å²) in [5, 5.41) is 0. The molecule has 1 aromatic heterocycles. The van der Waals surface area contributed by atoms with E-state index in [9.17, 15) is 0 Å². The predicted octanol–water partition coefficient (Wildman–Crippen LogP) is 4.26. The van der Waals surface area contributed by atoms with Crippen LogP contribution < -0.4 is 5.73 Å². The standard InChI is InChI=1S/C14H17N3.C2H6/c1-4-7-9-11(6-3)14-16-10-12(8-5-2)13(15)17-14;1-2/h4-10H,3H2,1-2H3,(H2,15,16,17);1-2H3/b7-4-,8-5+,11-9+;. The first-order valence-corrected chi connectivity index (χ1v) is 6.44. The van der Waals surface area contributed by atoms with E-state index in [-0.39, 0.29) is 0 Å². The van der Waals surface area contributed by atoms with Crippen molar-refractivity contribution >= 4 is 17.5 Å². The van der Waals surface area contributed by atoms with Crippen molar-refractivity contribution in [2.45, 2.75) is 27.7 Å². The fraction of sp³-hybridized carbons (Fsp3) is 0.250. The first-order valence-electron chi connectivity index (χ1n) is 6.44. The molecule has 0 atom stereocenters. The minimum Gasteiger partial charge on any atom is -0.383 e. The largest absolute Gasteiger partial charge is 0.383 e. The fourth-order valence-electron chi connectivity index (χ4n) is 1.29. The van der Waals surface area contributed by atoms with Gasteiger partial charge >= 0.3 is 0 Å². The third-order valence-corrected chi connectivity index (χ3v) is 2.14. The highest BCUT2D eigenvalue weighted by Gasteiger charge is 2.03. The molecule has 0 aliphatic carbocycles. The normalized spacial score (nSPS) is 11.5. The van der Waals surface area contributed by atoms with Crippen LogP contribution in [-0.2, 0) is 0 Å². The second-order valence-corrected chi connectivity index (χ2v) is 3.39. The van der Waals surface area contributed by atoms with Crippen molar-refractivity contribution in [3.05, 3.63) is 54.5 Å². The molecule has 3 nitrogen and oxygen atoms in total. The van der Waals surface area contributed by atoms with Gasteiger partial charge in [0.25, 0.3) is 0 Å². The number of anilines is 1. The molecule has 0 amide bonds. The van der Waals surface area contributed by atoms with Crippen molar-refractivity contribution in [2.75, 3.05) is 5.73 Å². The predicted molar refractivity (Wildman–Crippen MR) is 85.5 cm³/mol. The van der Waals surface area contributed by atoms with Gasteiger partial charge in [-0.15, -0.1) is 0 Å². The van der Waals surface area contributed by atoms with Crippen molar-refractivity contribution in [2.24, 2.45) is 0 Å². The summed E-state index contributed by atoms with van der Waals surface area (Å²) in [6.07, 6.45) is 12.9. The maximum Gasteiger partial charge on any atom is 0.161 e. The molecule has 3 heteroatoms. The van der Waals surface area contributed by atoms with Crippen molar-refractivity contribution in [3.63, 3.8) is 0 Å². The second-order valence-electron chi connectivity index (χ2n) is 3.39. The minimum absolute atomic E-state index is 0.473. The zero-order valence-electron chi connectivity index (χ0n) is 12.2. The van der Waals surface area contributed by atoms with Crippen LogP contribution in [-0.4, -0.2) is 9.97 Å². The number of nitrogens with zero attached hydrogens (tertiary/aromatic N) is 2. The molecule has 0 saturated carbocycles. The van der Waals surface area contributed by atoms with Gasteiger partial charge in [0.15, 0.2) is 5.82 Å². The minimum atomic E-state index is 0.473. The van der Waals surface area contributed by atoms with Crippen LogP contribution in [0.2, 0.25) is 0 Å². The van der Waals surface area contributed by atoms with Crippen LogP contribution in [0, 0.1) is 0 Å². The topological polar surface area (TPSA) is 51.8 Å². The lowest BCUT2D eigenvalue weighted by Gasteiger charge is -2.03. The van der Waals surface area contributed by atoms with E-state index in [2.05, 4.69) is 16.5 Å². The molecule has 1 aromatic rings. The highest BCUT2D eigenvalue weighted by atomic mass is 14.9. The molecule has 1 heterocycles. The van der Waals surface area contributed by atoms with Crippen LogP contribution in [0.1, 0.15) is 39.1 Å². The van der Waals surface area contributed by atoms with Crippen LogP contribution in [0.3, 0.4) is 0 Å². The van der Waals surface area contributed by atoms with Gasteiger partial charge in [-0.3, -0.25) is 0 Å². The summed E-state index contributed by atoms with van der Waals surface area (Å²) < 4.78 is 0. The number of hydrogen-bond donors (Lipinski definition) is 1. The molecular weight excluding hydrogens is 234 g/mol. The molecule has 0 aliphatic heterocycles. The Labute approximate surface area is 116 Å². The SMILES string of the molecule is C=C/C(=C\C=C/C)c1ncc(/C=C/C)c(N)n1.CC. The molecule has 102 valence electrons. The van der Waals surface area contributed by atoms with E-state index in [1.54, 1.807) is 12.3 Å². The number of nitrogens with two attached hydrogens (primary N) is 1. The molecular formula is C16H23N3. The zero-order chi connectivity index (χ0) is 14.7. The molecule has 0 spiro atoms. The number of rotatable bonds is 4. The summed E-state index contributed by atoms with van der Waals surface area (Å²) in [7, 11) is 0. The fourth-order valence-corrected chi connectivity index (χ4v) is 1.29. The third-order valence-electron chi connectivity index (χ3n) is 2.14. The molecule has 2 N–H and O–H groups in total. The van der Waals surface area contributed by atoms with E-state index >= 15 is 0 Å². The quantitative estimate of drug-likeness (QED) is 0.820. The van der Waals surface area contributed by atoms with Crippen molar-refractivity contribution < 1.29 is 0 Å². The van der Waals surface area contributed by atoms with Gasteiger partial charge in [0.05, 0.1) is 0 Å². The Hall–Kier alpha value is -2.16. The van der Waals surface area contributed by atoms with Gasteiger partial charge in [0.2, 0.25) is 0 Å². The summed E-state index contributed by atoms with van der Waals surface area (Å²) in [5.41, 5.74) is 7.52. The molecule has 0 aliphatic rings. The summed E-state index contributed by atoms with van der Waals surface area (Å²) in [6.45, 7) is 11.6. The molecule has 0 aromatic carbocycles. The third kappa shape index (κ3) is 5.34. The average molecular weight is 257 g/mol. The van der Waals surface area contributed by atoms with E-state index in [1.165, 1.54) is 0 Å². The molecule has 0 unspecified atom stereocenters. The van der Waals surface area contributed by atoms with Gasteiger partial charge < -0.3 is 5.73 Å². The van der Waals surface area contributed by atoms with Gasteiger partial charge in [-0.2, -0.15) is 0 Å². The number of aromatic nitrogens is 2. The van der Waals surface area contributed by atoms with Crippen molar-refractivity contribution in [3.8, 4) is 0 Å². The van der Waals surface area contributed by atoms with Crippen LogP contribution >= 0.6 is 0 Å². The highest BCUT2D eigenvalue weighted by molar-refractivity contribution is 5.72. The zero-order valence-corrected chi connectivity index (χ0v) is 12.2. The second kappa shape index (κ2) is 9.83. The van der Waals surface area contributed by atoms with Gasteiger partial charge in [-0.1, -0.05) is 56.9 Å². The molecule has 0 fully saturated rings. The molecule has 0 saturated heterocycles. The lowest BCUT2D eigenvalue weighted by molar-refractivity contribution is 1.12. The van der Waals surface area contributed by atoms with Crippen LogP contribution in [0.4, 0.5) is 5.82 Å². The Balaban J connectivity index is 0.00000154. The summed E-state index contributed by atoms with van der Waals surface area (Å²) >= 11 is 0. The van der Waals surface area contributed by atoms with Gasteiger partial charge in [0.1, 0.15) is 5.82 Å². The lowest BCUT2D eigenvalue weighted by Crippen LogP contribution is -2.00. The number of nitrogen functional groups attached to an aromatic ring is 1. The molecule has 0 bridgehead atoms. The Morgan fingerprint density at radius 3 is 2.42 bits per heavy atom. The Bertz CT molecular complexity index is 483. The van der Waals surface area contributed by atoms with Crippen molar-refractivity contribution in [1.29, 1.82) is 0 Å². The lowest BCUT2D eigenvalue weighted by atomic mass is 10.2. The van der Waals surface area contributed by atoms with E-state index in [1.807, 2.05) is 58.1 Å². The molecule has 19 heavy (non-hydrogen) atoms. The Kier molecular flexibility index (Phi) is 8.71. The van der Waals surface area contributed by atoms with Crippen LogP contribution in [0.15, 0.2) is 43.2 Å². The molecule has 1 rings (SSSR count). The van der Waals surface area contributed by atoms with Crippen LogP contribution in [0.5, 0.6) is 0 Å². The number of hydrogen-bond acceptors (Lipinski definition) is 3. The van der Waals surface area contributed by atoms with Gasteiger partial charge in [-0.25, -0.2) is 9.97 Å². The van der Waals surface area contributed by atoms with E-state index < -0.39 is 0 Å². The van der Waals surface area contributed by atoms with E-state index in [4.69, 9.17) is 5.73 Å². The summed E-state index contributed by atoms with van der Waals surface area (Å²) in [4.78, 5) is 8.52. The maximum atomic E-state index is 5.85.